The average molecular weight is 534 g/mol. The molecule has 0 heterocycles. The molecular formula is C26H29Cl2N3O5. The molecule has 0 fully saturated rings. The number of halogens is 2. The lowest BCUT2D eigenvalue weighted by Gasteiger charge is -2.22. The summed E-state index contributed by atoms with van der Waals surface area (Å²) >= 11 is 12.0. The summed E-state index contributed by atoms with van der Waals surface area (Å²) in [6, 6.07) is 8.99. The molecule has 0 aliphatic heterocycles. The van der Waals surface area contributed by atoms with Gasteiger partial charge < -0.3 is 19.5 Å². The van der Waals surface area contributed by atoms with E-state index in [-0.39, 0.29) is 17.5 Å². The van der Waals surface area contributed by atoms with Gasteiger partial charge in [0.15, 0.2) is 17.6 Å². The number of terminal acetylenes is 1. The number of hydrazone groups is 1. The van der Waals surface area contributed by atoms with Crippen LogP contribution >= 0.6 is 23.2 Å². The monoisotopic (exact) mass is 533 g/mol. The third kappa shape index (κ3) is 8.99. The van der Waals surface area contributed by atoms with E-state index in [0.717, 1.165) is 0 Å². The smallest absolute Gasteiger partial charge is 0.262 e. The van der Waals surface area contributed by atoms with Gasteiger partial charge in [0.05, 0.1) is 18.3 Å². The normalized spacial score (nSPS) is 12.5. The second kappa shape index (κ2) is 14.2. The molecule has 0 aromatic heterocycles. The third-order valence-electron chi connectivity index (χ3n) is 4.79. The second-order valence-electron chi connectivity index (χ2n) is 8.16. The fourth-order valence-corrected chi connectivity index (χ4v) is 3.51. The van der Waals surface area contributed by atoms with Crippen molar-refractivity contribution in [3.8, 4) is 29.6 Å². The maximum absolute atomic E-state index is 12.8. The quantitative estimate of drug-likeness (QED) is 0.238. The van der Waals surface area contributed by atoms with Crippen molar-refractivity contribution >= 4 is 41.2 Å². The first-order chi connectivity index (χ1) is 17.1. The van der Waals surface area contributed by atoms with Crippen LogP contribution in [0.1, 0.15) is 32.8 Å². The van der Waals surface area contributed by atoms with Gasteiger partial charge in [0, 0.05) is 5.02 Å². The van der Waals surface area contributed by atoms with Crippen LogP contribution in [-0.4, -0.2) is 43.9 Å². The summed E-state index contributed by atoms with van der Waals surface area (Å²) in [5.74, 6) is 2.86. The molecule has 0 radical (unpaired) electrons. The molecule has 0 bridgehead atoms. The predicted octanol–water partition coefficient (Wildman–Crippen LogP) is 4.46. The highest BCUT2D eigenvalue weighted by Crippen LogP contribution is 2.29. The van der Waals surface area contributed by atoms with Crippen molar-refractivity contribution in [2.24, 2.45) is 11.0 Å². The van der Waals surface area contributed by atoms with E-state index in [1.165, 1.54) is 19.4 Å². The molecule has 0 saturated carbocycles. The molecule has 0 spiro atoms. The van der Waals surface area contributed by atoms with Crippen LogP contribution in [-0.2, 0) is 9.59 Å². The van der Waals surface area contributed by atoms with E-state index in [0.29, 0.717) is 34.3 Å². The summed E-state index contributed by atoms with van der Waals surface area (Å²) in [7, 11) is 1.51. The molecule has 2 N–H and O–H groups in total. The Morgan fingerprint density at radius 1 is 1.08 bits per heavy atom. The van der Waals surface area contributed by atoms with Crippen LogP contribution in [0.4, 0.5) is 0 Å². The topological polar surface area (TPSA) is 98.2 Å². The molecular weight excluding hydrogens is 505 g/mol. The van der Waals surface area contributed by atoms with Gasteiger partial charge in [0.25, 0.3) is 11.8 Å². The molecule has 0 unspecified atom stereocenters. The van der Waals surface area contributed by atoms with Crippen molar-refractivity contribution in [3.63, 3.8) is 0 Å². The maximum Gasteiger partial charge on any atom is 0.262 e. The van der Waals surface area contributed by atoms with Gasteiger partial charge in [-0.25, -0.2) is 5.43 Å². The van der Waals surface area contributed by atoms with Crippen molar-refractivity contribution in [2.75, 3.05) is 13.7 Å². The van der Waals surface area contributed by atoms with Gasteiger partial charge in [-0.3, -0.25) is 9.59 Å². The highest BCUT2D eigenvalue weighted by molar-refractivity contribution is 6.35. The fraction of sp³-hybridized carbons (Fsp3) is 0.346. The Morgan fingerprint density at radius 3 is 2.44 bits per heavy atom. The first-order valence-electron chi connectivity index (χ1n) is 11.1. The second-order valence-corrected chi connectivity index (χ2v) is 9.01. The molecule has 2 rings (SSSR count). The number of ether oxygens (including phenoxy) is 3. The Kier molecular flexibility index (Phi) is 11.4. The Bertz CT molecular complexity index is 1130. The first-order valence-corrected chi connectivity index (χ1v) is 11.9. The van der Waals surface area contributed by atoms with Crippen molar-refractivity contribution < 1.29 is 23.8 Å². The van der Waals surface area contributed by atoms with Gasteiger partial charge in [-0.15, -0.1) is 6.42 Å². The summed E-state index contributed by atoms with van der Waals surface area (Å²) in [6.07, 6.45) is 6.16. The predicted molar refractivity (Wildman–Crippen MR) is 141 cm³/mol. The molecule has 0 aliphatic carbocycles. The Morgan fingerprint density at radius 2 is 1.81 bits per heavy atom. The third-order valence-corrected chi connectivity index (χ3v) is 5.32. The Labute approximate surface area is 221 Å². The van der Waals surface area contributed by atoms with Gasteiger partial charge in [-0.1, -0.05) is 43.0 Å². The zero-order chi connectivity index (χ0) is 26.7. The highest BCUT2D eigenvalue weighted by Gasteiger charge is 2.25. The average Bonchev–Trinajstić information content (AvgIpc) is 2.83. The van der Waals surface area contributed by atoms with E-state index in [1.54, 1.807) is 37.3 Å². The number of methoxy groups -OCH3 is 1. The van der Waals surface area contributed by atoms with Crippen molar-refractivity contribution in [1.29, 1.82) is 0 Å². The SMILES string of the molecule is C#CCOc1ccc(/C=N\NC(=O)[C@@H](CC(C)C)NC(=O)[C@H](C)Oc2ccc(Cl)cc2Cl)cc1OC. The lowest BCUT2D eigenvalue weighted by molar-refractivity contribution is -0.132. The van der Waals surface area contributed by atoms with Crippen LogP contribution in [0.25, 0.3) is 0 Å². The van der Waals surface area contributed by atoms with Gasteiger partial charge in [0.1, 0.15) is 18.4 Å². The summed E-state index contributed by atoms with van der Waals surface area (Å²) in [5, 5.41) is 7.46. The van der Waals surface area contributed by atoms with Crippen LogP contribution in [0.2, 0.25) is 10.0 Å². The highest BCUT2D eigenvalue weighted by atomic mass is 35.5. The van der Waals surface area contributed by atoms with Crippen LogP contribution in [0.5, 0.6) is 17.2 Å². The fourth-order valence-electron chi connectivity index (χ4n) is 3.06. The van der Waals surface area contributed by atoms with Gasteiger partial charge >= 0.3 is 0 Å². The van der Waals surface area contributed by atoms with Gasteiger partial charge in [0.2, 0.25) is 0 Å². The number of carbonyl (C=O) groups excluding carboxylic acids is 2. The number of hydrogen-bond acceptors (Lipinski definition) is 6. The molecule has 0 aliphatic rings. The number of amides is 2. The van der Waals surface area contributed by atoms with E-state index in [9.17, 15) is 9.59 Å². The number of benzene rings is 2. The van der Waals surface area contributed by atoms with Crippen LogP contribution in [0.15, 0.2) is 41.5 Å². The van der Waals surface area contributed by atoms with Crippen LogP contribution in [0.3, 0.4) is 0 Å². The molecule has 10 heteroatoms. The van der Waals surface area contributed by atoms with E-state index in [1.807, 2.05) is 13.8 Å². The van der Waals surface area contributed by atoms with Crippen molar-refractivity contribution in [3.05, 3.63) is 52.0 Å². The molecule has 0 saturated heterocycles. The van der Waals surface area contributed by atoms with Crippen molar-refractivity contribution in [1.82, 2.24) is 10.7 Å². The molecule has 2 aromatic rings. The molecule has 2 atom stereocenters. The summed E-state index contributed by atoms with van der Waals surface area (Å²) in [4.78, 5) is 25.5. The maximum atomic E-state index is 12.8. The Hall–Kier alpha value is -3.41. The van der Waals surface area contributed by atoms with E-state index in [2.05, 4.69) is 21.8 Å². The van der Waals surface area contributed by atoms with Gasteiger partial charge in [-0.2, -0.15) is 5.10 Å². The molecule has 36 heavy (non-hydrogen) atoms. The largest absolute Gasteiger partial charge is 0.493 e. The number of rotatable bonds is 12. The minimum atomic E-state index is -0.905. The first kappa shape index (κ1) is 28.8. The number of nitrogens with zero attached hydrogens (tertiary/aromatic N) is 1. The summed E-state index contributed by atoms with van der Waals surface area (Å²) in [6.45, 7) is 5.56. The van der Waals surface area contributed by atoms with Crippen LogP contribution in [0, 0.1) is 18.3 Å². The molecule has 192 valence electrons. The van der Waals surface area contributed by atoms with Gasteiger partial charge in [-0.05, 0) is 61.2 Å². The number of hydrogen-bond donors (Lipinski definition) is 2. The number of nitrogens with one attached hydrogen (secondary N) is 2. The minimum absolute atomic E-state index is 0.110. The molecule has 2 amide bonds. The number of carbonyl (C=O) groups is 2. The van der Waals surface area contributed by atoms with Crippen molar-refractivity contribution in [2.45, 2.75) is 39.3 Å². The zero-order valence-electron chi connectivity index (χ0n) is 20.5. The van der Waals surface area contributed by atoms with Crippen LogP contribution < -0.4 is 25.0 Å². The van der Waals surface area contributed by atoms with E-state index >= 15 is 0 Å². The zero-order valence-corrected chi connectivity index (χ0v) is 22.0. The summed E-state index contributed by atoms with van der Waals surface area (Å²) in [5.41, 5.74) is 3.13. The minimum Gasteiger partial charge on any atom is -0.493 e. The Balaban J connectivity index is 2.02. The lowest BCUT2D eigenvalue weighted by atomic mass is 10.0. The molecule has 2 aromatic carbocycles. The standard InChI is InChI=1S/C26H29Cl2N3O5/c1-6-11-35-23-9-7-18(13-24(23)34-5)15-29-31-26(33)21(12-16(2)3)30-25(32)17(4)36-22-10-8-19(27)14-20(22)28/h1,7-10,13-17,21H,11-12H2,2-5H3,(H,30,32)(H,31,33)/b29-15-/t17-,21+/m0/s1. The van der Waals surface area contributed by atoms with E-state index in [4.69, 9.17) is 43.8 Å². The molecule has 8 nitrogen and oxygen atoms in total. The summed E-state index contributed by atoms with van der Waals surface area (Å²) < 4.78 is 16.4. The lowest BCUT2D eigenvalue weighted by Crippen LogP contribution is -2.49. The van der Waals surface area contributed by atoms with E-state index < -0.39 is 24.0 Å².